The third-order valence-electron chi connectivity index (χ3n) is 3.00. The van der Waals surface area contributed by atoms with E-state index < -0.39 is 9.28 Å². The van der Waals surface area contributed by atoms with E-state index in [0.29, 0.717) is 19.1 Å². The maximum Gasteiger partial charge on any atom is 0.423 e. The molecule has 0 spiro atoms. The van der Waals surface area contributed by atoms with Crippen molar-refractivity contribution in [2.45, 2.75) is 20.3 Å². The Kier molecular flexibility index (Phi) is 5.38. The Labute approximate surface area is 111 Å². The zero-order valence-electron chi connectivity index (χ0n) is 11.1. The molecular weight excluding hydrogens is 244 g/mol. The molecule has 0 saturated carbocycles. The van der Waals surface area contributed by atoms with Gasteiger partial charge in [-0.25, -0.2) is 0 Å². The summed E-state index contributed by atoms with van der Waals surface area (Å²) in [5.74, 6) is 0.664. The summed E-state index contributed by atoms with van der Waals surface area (Å²) in [5.41, 5.74) is 1.36. The van der Waals surface area contributed by atoms with Gasteiger partial charge in [0.05, 0.1) is 13.2 Å². The van der Waals surface area contributed by atoms with Crippen LogP contribution in [0.25, 0.3) is 0 Å². The van der Waals surface area contributed by atoms with Crippen molar-refractivity contribution in [3.63, 3.8) is 0 Å². The van der Waals surface area contributed by atoms with Crippen LogP contribution in [0.1, 0.15) is 19.4 Å². The van der Waals surface area contributed by atoms with Crippen LogP contribution < -0.4 is 5.19 Å². The minimum atomic E-state index is -1.32. The molecule has 0 amide bonds. The van der Waals surface area contributed by atoms with E-state index in [9.17, 15) is 0 Å². The van der Waals surface area contributed by atoms with Crippen LogP contribution in [0.4, 0.5) is 0 Å². The highest BCUT2D eigenvalue weighted by molar-refractivity contribution is 6.61. The lowest BCUT2D eigenvalue weighted by Gasteiger charge is -2.27. The molecule has 1 fully saturated rings. The lowest BCUT2D eigenvalue weighted by Crippen LogP contribution is -2.41. The molecule has 0 unspecified atom stereocenters. The van der Waals surface area contributed by atoms with E-state index in [2.05, 4.69) is 24.3 Å². The Bertz CT molecular complexity index is 360. The van der Waals surface area contributed by atoms with Gasteiger partial charge in [0.15, 0.2) is 0 Å². The van der Waals surface area contributed by atoms with Crippen LogP contribution in [0.3, 0.4) is 0 Å². The smallest absolute Gasteiger partial charge is 0.390 e. The van der Waals surface area contributed by atoms with E-state index >= 15 is 0 Å². The first-order valence-corrected chi connectivity index (χ1v) is 7.95. The maximum absolute atomic E-state index is 5.79. The number of ether oxygens (including phenoxy) is 1. The van der Waals surface area contributed by atoms with Gasteiger partial charge in [-0.05, 0) is 31.0 Å². The normalized spacial score (nSPS) is 15.9. The Balaban J connectivity index is 2.12. The molecule has 0 aliphatic carbocycles. The topological polar surface area (TPSA) is 27.7 Å². The van der Waals surface area contributed by atoms with Crippen molar-refractivity contribution in [2.75, 3.05) is 26.4 Å². The van der Waals surface area contributed by atoms with Crippen molar-refractivity contribution in [3.8, 4) is 0 Å². The number of rotatable bonds is 7. The highest BCUT2D eigenvalue weighted by atomic mass is 28.3. The molecule has 4 heteroatoms. The van der Waals surface area contributed by atoms with Gasteiger partial charge in [-0.1, -0.05) is 24.3 Å². The van der Waals surface area contributed by atoms with E-state index in [0.717, 1.165) is 19.6 Å². The Hall–Kier alpha value is -0.683. The SMILES string of the molecule is CCO[Si](OCC)c1ccccc1CC1COC1. The highest BCUT2D eigenvalue weighted by Crippen LogP contribution is 2.16. The summed E-state index contributed by atoms with van der Waals surface area (Å²) < 4.78 is 16.8. The fourth-order valence-corrected chi connectivity index (χ4v) is 3.67. The number of hydrogen-bond donors (Lipinski definition) is 0. The molecule has 1 aromatic carbocycles. The molecule has 0 bridgehead atoms. The van der Waals surface area contributed by atoms with Crippen molar-refractivity contribution >= 4 is 14.5 Å². The Morgan fingerprint density at radius 3 is 2.39 bits per heavy atom. The summed E-state index contributed by atoms with van der Waals surface area (Å²) in [6.45, 7) is 7.22. The van der Waals surface area contributed by atoms with Gasteiger partial charge in [0.25, 0.3) is 0 Å². The predicted molar refractivity (Wildman–Crippen MR) is 73.1 cm³/mol. The summed E-state index contributed by atoms with van der Waals surface area (Å²) in [4.78, 5) is 0. The largest absolute Gasteiger partial charge is 0.423 e. The summed E-state index contributed by atoms with van der Waals surface area (Å²) in [6.07, 6.45) is 1.07. The zero-order chi connectivity index (χ0) is 12.8. The second-order valence-corrected chi connectivity index (χ2v) is 6.11. The van der Waals surface area contributed by atoms with Gasteiger partial charge in [-0.3, -0.25) is 0 Å². The van der Waals surface area contributed by atoms with Crippen LogP contribution in [0.2, 0.25) is 0 Å². The minimum Gasteiger partial charge on any atom is -0.390 e. The number of hydrogen-bond acceptors (Lipinski definition) is 3. The predicted octanol–water partition coefficient (Wildman–Crippen LogP) is 1.64. The standard InChI is InChI=1S/C14H21O3Si/c1-3-16-18(17-4-2)14-8-6-5-7-13(14)9-12-10-15-11-12/h5-8,12H,3-4,9-11H2,1-2H3. The Morgan fingerprint density at radius 2 is 1.83 bits per heavy atom. The molecule has 1 saturated heterocycles. The van der Waals surface area contributed by atoms with Crippen LogP contribution >= 0.6 is 0 Å². The van der Waals surface area contributed by atoms with Gasteiger partial charge >= 0.3 is 9.28 Å². The third-order valence-corrected chi connectivity index (χ3v) is 5.03. The second-order valence-electron chi connectivity index (χ2n) is 4.42. The molecule has 3 nitrogen and oxygen atoms in total. The lowest BCUT2D eigenvalue weighted by molar-refractivity contribution is -0.0311. The van der Waals surface area contributed by atoms with Gasteiger partial charge in [0, 0.05) is 19.1 Å². The first-order valence-electron chi connectivity index (χ1n) is 6.63. The second kappa shape index (κ2) is 7.04. The zero-order valence-corrected chi connectivity index (χ0v) is 12.1. The van der Waals surface area contributed by atoms with Crippen LogP contribution in [-0.2, 0) is 20.0 Å². The molecule has 18 heavy (non-hydrogen) atoms. The van der Waals surface area contributed by atoms with Crippen molar-refractivity contribution < 1.29 is 13.6 Å². The molecule has 1 aliphatic rings. The molecule has 0 N–H and O–H groups in total. The van der Waals surface area contributed by atoms with Crippen molar-refractivity contribution in [1.29, 1.82) is 0 Å². The summed E-state index contributed by atoms with van der Waals surface area (Å²) >= 11 is 0. The maximum atomic E-state index is 5.79. The molecule has 0 aromatic heterocycles. The van der Waals surface area contributed by atoms with Gasteiger partial charge in [-0.15, -0.1) is 0 Å². The summed E-state index contributed by atoms with van der Waals surface area (Å²) in [7, 11) is -1.32. The first-order chi connectivity index (χ1) is 8.85. The van der Waals surface area contributed by atoms with E-state index in [1.807, 2.05) is 13.8 Å². The molecule has 2 rings (SSSR count). The average molecular weight is 265 g/mol. The summed E-state index contributed by atoms with van der Waals surface area (Å²) in [6, 6.07) is 8.50. The van der Waals surface area contributed by atoms with Crippen molar-refractivity contribution in [2.24, 2.45) is 5.92 Å². The van der Waals surface area contributed by atoms with E-state index in [-0.39, 0.29) is 0 Å². The average Bonchev–Trinajstić information content (AvgIpc) is 2.34. The lowest BCUT2D eigenvalue weighted by atomic mass is 9.98. The summed E-state index contributed by atoms with van der Waals surface area (Å²) in [5, 5.41) is 1.26. The van der Waals surface area contributed by atoms with Gasteiger partial charge in [0.2, 0.25) is 0 Å². The highest BCUT2D eigenvalue weighted by Gasteiger charge is 2.25. The Morgan fingerprint density at radius 1 is 1.17 bits per heavy atom. The molecule has 99 valence electrons. The van der Waals surface area contributed by atoms with E-state index in [4.69, 9.17) is 13.6 Å². The molecule has 1 heterocycles. The van der Waals surface area contributed by atoms with Crippen LogP contribution in [0, 0.1) is 5.92 Å². The third kappa shape index (κ3) is 3.42. The monoisotopic (exact) mass is 265 g/mol. The molecule has 1 aliphatic heterocycles. The van der Waals surface area contributed by atoms with Crippen molar-refractivity contribution in [1.82, 2.24) is 0 Å². The fourth-order valence-electron chi connectivity index (χ4n) is 2.07. The van der Waals surface area contributed by atoms with Crippen molar-refractivity contribution in [3.05, 3.63) is 29.8 Å². The van der Waals surface area contributed by atoms with Gasteiger partial charge < -0.3 is 13.6 Å². The molecule has 0 atom stereocenters. The van der Waals surface area contributed by atoms with Crippen LogP contribution in [0.15, 0.2) is 24.3 Å². The van der Waals surface area contributed by atoms with Gasteiger partial charge in [0.1, 0.15) is 0 Å². The van der Waals surface area contributed by atoms with Crippen LogP contribution in [0.5, 0.6) is 0 Å². The van der Waals surface area contributed by atoms with Crippen LogP contribution in [-0.4, -0.2) is 35.7 Å². The van der Waals surface area contributed by atoms with E-state index in [1.165, 1.54) is 10.8 Å². The molecular formula is C14H21O3Si. The minimum absolute atomic E-state index is 0.664. The fraction of sp³-hybridized carbons (Fsp3) is 0.571. The molecule has 1 radical (unpaired) electrons. The first kappa shape index (κ1) is 13.7. The number of benzene rings is 1. The van der Waals surface area contributed by atoms with Gasteiger partial charge in [-0.2, -0.15) is 0 Å². The quantitative estimate of drug-likeness (QED) is 0.702. The molecule has 1 aromatic rings. The van der Waals surface area contributed by atoms with E-state index in [1.54, 1.807) is 0 Å².